The maximum absolute atomic E-state index is 13.8. The van der Waals surface area contributed by atoms with Crippen molar-refractivity contribution in [2.45, 2.75) is 37.8 Å². The Morgan fingerprint density at radius 2 is 2.06 bits per heavy atom. The third-order valence-electron chi connectivity index (χ3n) is 5.85. The van der Waals surface area contributed by atoms with Gasteiger partial charge in [0.2, 0.25) is 0 Å². The van der Waals surface area contributed by atoms with Crippen molar-refractivity contribution < 1.29 is 13.9 Å². The van der Waals surface area contributed by atoms with Gasteiger partial charge in [0.05, 0.1) is 30.2 Å². The van der Waals surface area contributed by atoms with Gasteiger partial charge in [0, 0.05) is 4.88 Å². The zero-order valence-corrected chi connectivity index (χ0v) is 21.0. The van der Waals surface area contributed by atoms with Gasteiger partial charge in [0.1, 0.15) is 22.1 Å². The second-order valence-corrected chi connectivity index (χ2v) is 10.1. The van der Waals surface area contributed by atoms with E-state index in [1.807, 2.05) is 24.3 Å². The molecule has 3 aromatic heterocycles. The molecular formula is C25H24N4O4S2. The lowest BCUT2D eigenvalue weighted by Gasteiger charge is -2.14. The lowest BCUT2D eigenvalue weighted by atomic mass is 9.97. The molecule has 0 radical (unpaired) electrons. The predicted molar refractivity (Wildman–Crippen MR) is 138 cm³/mol. The van der Waals surface area contributed by atoms with E-state index < -0.39 is 0 Å². The van der Waals surface area contributed by atoms with Crippen molar-refractivity contribution in [3.63, 3.8) is 0 Å². The van der Waals surface area contributed by atoms with Gasteiger partial charge in [-0.25, -0.2) is 10.4 Å². The molecule has 0 fully saturated rings. The van der Waals surface area contributed by atoms with E-state index >= 15 is 0 Å². The van der Waals surface area contributed by atoms with Crippen LogP contribution in [0.2, 0.25) is 0 Å². The Labute approximate surface area is 210 Å². The number of aromatic nitrogens is 2. The molecule has 0 saturated carbocycles. The molecule has 0 atom stereocenters. The van der Waals surface area contributed by atoms with Gasteiger partial charge >= 0.3 is 0 Å². The number of carbonyl (C=O) groups is 1. The third-order valence-corrected chi connectivity index (χ3v) is 7.97. The number of rotatable bonds is 7. The minimum atomic E-state index is -0.304. The molecular weight excluding hydrogens is 484 g/mol. The van der Waals surface area contributed by atoms with Gasteiger partial charge in [-0.3, -0.25) is 14.2 Å². The molecule has 3 heterocycles. The summed E-state index contributed by atoms with van der Waals surface area (Å²) in [7, 11) is 1.60. The summed E-state index contributed by atoms with van der Waals surface area (Å²) in [6.45, 7) is 1.75. The molecule has 35 heavy (non-hydrogen) atoms. The highest BCUT2D eigenvalue weighted by molar-refractivity contribution is 7.99. The van der Waals surface area contributed by atoms with Gasteiger partial charge in [-0.2, -0.15) is 5.10 Å². The van der Waals surface area contributed by atoms with E-state index in [9.17, 15) is 9.59 Å². The van der Waals surface area contributed by atoms with Crippen LogP contribution < -0.4 is 15.7 Å². The molecule has 0 aliphatic heterocycles. The molecule has 0 unspecified atom stereocenters. The Bertz CT molecular complexity index is 1450. The first-order valence-electron chi connectivity index (χ1n) is 11.3. The molecule has 1 N–H and O–H groups in total. The lowest BCUT2D eigenvalue weighted by Crippen LogP contribution is -2.24. The van der Waals surface area contributed by atoms with Crippen LogP contribution in [0, 0.1) is 0 Å². The molecule has 4 aromatic rings. The van der Waals surface area contributed by atoms with Crippen molar-refractivity contribution in [2.24, 2.45) is 5.10 Å². The molecule has 0 spiro atoms. The summed E-state index contributed by atoms with van der Waals surface area (Å²) in [4.78, 5) is 33.1. The number of methoxy groups -OCH3 is 1. The average Bonchev–Trinajstić information content (AvgIpc) is 3.54. The zero-order valence-electron chi connectivity index (χ0n) is 19.4. The summed E-state index contributed by atoms with van der Waals surface area (Å²) in [6.07, 6.45) is 5.64. The van der Waals surface area contributed by atoms with Gasteiger partial charge in [0.15, 0.2) is 5.16 Å². The summed E-state index contributed by atoms with van der Waals surface area (Å²) in [5, 5.41) is 5.27. The lowest BCUT2D eigenvalue weighted by molar-refractivity contribution is -0.118. The summed E-state index contributed by atoms with van der Waals surface area (Å²) < 4.78 is 12.2. The van der Waals surface area contributed by atoms with E-state index in [1.54, 1.807) is 48.3 Å². The first kappa shape index (κ1) is 23.4. The van der Waals surface area contributed by atoms with Crippen LogP contribution in [-0.4, -0.2) is 34.0 Å². The van der Waals surface area contributed by atoms with Crippen molar-refractivity contribution >= 4 is 44.9 Å². The standard InChI is InChI=1S/C25H24N4O4S2/c1-15(19-7-5-13-33-19)27-28-21(30)14-34-25-26-23-22(18-6-3-4-8-20(18)35-23)24(31)29(25)16-9-11-17(32-2)12-10-16/h5,7,9-13H,3-4,6,8,14H2,1-2H3,(H,28,30). The van der Waals surface area contributed by atoms with Crippen molar-refractivity contribution in [1.29, 1.82) is 0 Å². The Morgan fingerprint density at radius 1 is 1.26 bits per heavy atom. The van der Waals surface area contributed by atoms with Gasteiger partial charge in [-0.15, -0.1) is 11.3 Å². The Morgan fingerprint density at radius 3 is 2.80 bits per heavy atom. The highest BCUT2D eigenvalue weighted by Gasteiger charge is 2.23. The number of hydrogen-bond donors (Lipinski definition) is 1. The van der Waals surface area contributed by atoms with Gasteiger partial charge in [0.25, 0.3) is 11.5 Å². The second kappa shape index (κ2) is 10.1. The van der Waals surface area contributed by atoms with E-state index in [1.165, 1.54) is 16.6 Å². The molecule has 1 amide bonds. The number of hydrazone groups is 1. The number of nitrogens with zero attached hydrogens (tertiary/aromatic N) is 3. The number of ether oxygens (including phenoxy) is 1. The molecule has 10 heteroatoms. The summed E-state index contributed by atoms with van der Waals surface area (Å²) in [5.74, 6) is 1.03. The predicted octanol–water partition coefficient (Wildman–Crippen LogP) is 4.56. The number of carbonyl (C=O) groups excluding carboxylic acids is 1. The SMILES string of the molecule is COc1ccc(-n2c(SCC(=O)NN=C(C)c3ccco3)nc3sc4c(c3c2=O)CCCC4)cc1. The van der Waals surface area contributed by atoms with Crippen LogP contribution >= 0.6 is 23.1 Å². The van der Waals surface area contributed by atoms with Crippen LogP contribution in [0.1, 0.15) is 36.0 Å². The summed E-state index contributed by atoms with van der Waals surface area (Å²) in [6, 6.07) is 10.8. The van der Waals surface area contributed by atoms with Crippen molar-refractivity contribution in [3.05, 3.63) is 69.2 Å². The zero-order chi connectivity index (χ0) is 24.4. The number of amides is 1. The number of aryl methyl sites for hydroxylation is 2. The third kappa shape index (κ3) is 4.76. The van der Waals surface area contributed by atoms with Crippen LogP contribution in [0.3, 0.4) is 0 Å². The fourth-order valence-corrected chi connectivity index (χ4v) is 6.20. The number of hydrogen-bond acceptors (Lipinski definition) is 8. The van der Waals surface area contributed by atoms with Crippen LogP contribution in [-0.2, 0) is 17.6 Å². The van der Waals surface area contributed by atoms with Gasteiger partial charge in [-0.1, -0.05) is 11.8 Å². The highest BCUT2D eigenvalue weighted by atomic mass is 32.2. The van der Waals surface area contributed by atoms with E-state index in [4.69, 9.17) is 14.1 Å². The molecule has 8 nitrogen and oxygen atoms in total. The largest absolute Gasteiger partial charge is 0.497 e. The molecule has 180 valence electrons. The fourth-order valence-electron chi connectivity index (χ4n) is 4.09. The Kier molecular flexibility index (Phi) is 6.74. The number of nitrogens with one attached hydrogen (secondary N) is 1. The van der Waals surface area contributed by atoms with Gasteiger partial charge < -0.3 is 9.15 Å². The fraction of sp³-hybridized carbons (Fsp3) is 0.280. The first-order chi connectivity index (χ1) is 17.0. The second-order valence-electron chi connectivity index (χ2n) is 8.12. The smallest absolute Gasteiger partial charge is 0.267 e. The maximum atomic E-state index is 13.8. The van der Waals surface area contributed by atoms with E-state index in [2.05, 4.69) is 10.5 Å². The number of furan rings is 1. The van der Waals surface area contributed by atoms with Crippen LogP contribution in [0.25, 0.3) is 15.9 Å². The van der Waals surface area contributed by atoms with E-state index in [0.29, 0.717) is 33.5 Å². The molecule has 1 aliphatic rings. The number of benzene rings is 1. The Hall–Kier alpha value is -3.37. The number of thiophene rings is 1. The van der Waals surface area contributed by atoms with Crippen molar-refractivity contribution in [1.82, 2.24) is 15.0 Å². The van der Waals surface area contributed by atoms with Crippen molar-refractivity contribution in [3.8, 4) is 11.4 Å². The highest BCUT2D eigenvalue weighted by Crippen LogP contribution is 2.35. The minimum absolute atomic E-state index is 0.0497. The normalized spacial score (nSPS) is 13.6. The van der Waals surface area contributed by atoms with Crippen LogP contribution in [0.5, 0.6) is 5.75 Å². The first-order valence-corrected chi connectivity index (χ1v) is 13.1. The minimum Gasteiger partial charge on any atom is -0.497 e. The van der Waals surface area contributed by atoms with E-state index in [-0.39, 0.29) is 17.2 Å². The topological polar surface area (TPSA) is 98.7 Å². The van der Waals surface area contributed by atoms with E-state index in [0.717, 1.165) is 36.1 Å². The molecule has 1 aromatic carbocycles. The van der Waals surface area contributed by atoms with Crippen LogP contribution in [0.4, 0.5) is 0 Å². The van der Waals surface area contributed by atoms with Crippen LogP contribution in [0.15, 0.2) is 62.1 Å². The molecule has 0 bridgehead atoms. The molecule has 0 saturated heterocycles. The summed E-state index contributed by atoms with van der Waals surface area (Å²) >= 11 is 2.80. The van der Waals surface area contributed by atoms with Gasteiger partial charge in [-0.05, 0) is 74.6 Å². The maximum Gasteiger partial charge on any atom is 0.267 e. The molecule has 1 aliphatic carbocycles. The molecule has 5 rings (SSSR count). The summed E-state index contributed by atoms with van der Waals surface area (Å²) in [5.41, 5.74) is 4.81. The van der Waals surface area contributed by atoms with Crippen molar-refractivity contribution in [2.75, 3.05) is 12.9 Å². The monoisotopic (exact) mass is 508 g/mol. The number of fused-ring (bicyclic) bond motifs is 3. The Balaban J connectivity index is 1.47. The quantitative estimate of drug-likeness (QED) is 0.170. The average molecular weight is 509 g/mol. The number of thioether (sulfide) groups is 1.